The van der Waals surface area contributed by atoms with Gasteiger partial charge in [-0.3, -0.25) is 4.99 Å². The summed E-state index contributed by atoms with van der Waals surface area (Å²) < 4.78 is 35.9. The summed E-state index contributed by atoms with van der Waals surface area (Å²) >= 11 is 0. The van der Waals surface area contributed by atoms with Crippen molar-refractivity contribution in [2.75, 3.05) is 26.7 Å². The van der Waals surface area contributed by atoms with Crippen molar-refractivity contribution >= 4 is 5.96 Å². The summed E-state index contributed by atoms with van der Waals surface area (Å²) in [4.78, 5) is 6.37. The molecule has 0 aliphatic rings. The summed E-state index contributed by atoms with van der Waals surface area (Å²) in [6.45, 7) is 6.21. The zero-order valence-corrected chi connectivity index (χ0v) is 12.2. The Kier molecular flexibility index (Phi) is 9.43. The van der Waals surface area contributed by atoms with Crippen LogP contribution < -0.4 is 5.32 Å². The van der Waals surface area contributed by atoms with E-state index in [0.29, 0.717) is 13.0 Å². The second-order valence-corrected chi connectivity index (χ2v) is 4.58. The van der Waals surface area contributed by atoms with E-state index < -0.39 is 12.6 Å². The van der Waals surface area contributed by atoms with E-state index in [1.54, 1.807) is 0 Å². The predicted molar refractivity (Wildman–Crippen MR) is 73.4 cm³/mol. The molecule has 0 aliphatic heterocycles. The van der Waals surface area contributed by atoms with Crippen LogP contribution in [-0.2, 0) is 0 Å². The maximum absolute atomic E-state index is 12.0. The molecule has 0 aromatic carbocycles. The molecule has 0 fully saturated rings. The average Bonchev–Trinajstić information content (AvgIpc) is 2.32. The van der Waals surface area contributed by atoms with Gasteiger partial charge in [0.1, 0.15) is 0 Å². The van der Waals surface area contributed by atoms with Gasteiger partial charge in [-0.25, -0.2) is 0 Å². The van der Waals surface area contributed by atoms with Gasteiger partial charge < -0.3 is 10.2 Å². The molecule has 0 aliphatic carbocycles. The Morgan fingerprint density at radius 3 is 2.37 bits per heavy atom. The van der Waals surface area contributed by atoms with Crippen LogP contribution in [0.1, 0.15) is 46.0 Å². The number of halogens is 3. The molecule has 0 radical (unpaired) electrons. The Labute approximate surface area is 114 Å². The lowest BCUT2D eigenvalue weighted by Crippen LogP contribution is -2.39. The van der Waals surface area contributed by atoms with Gasteiger partial charge in [-0.2, -0.15) is 13.2 Å². The van der Waals surface area contributed by atoms with Crippen molar-refractivity contribution in [3.8, 4) is 0 Å². The Hall–Kier alpha value is -0.940. The van der Waals surface area contributed by atoms with Crippen LogP contribution in [0.4, 0.5) is 13.2 Å². The van der Waals surface area contributed by atoms with Gasteiger partial charge in [0.25, 0.3) is 0 Å². The molecule has 0 atom stereocenters. The molecule has 3 nitrogen and oxygen atoms in total. The molecule has 0 spiro atoms. The van der Waals surface area contributed by atoms with Gasteiger partial charge in [-0.1, -0.05) is 13.3 Å². The molecule has 1 N–H and O–H groups in total. The Balaban J connectivity index is 4.04. The Morgan fingerprint density at radius 2 is 1.84 bits per heavy atom. The minimum atomic E-state index is -4.05. The maximum Gasteiger partial charge on any atom is 0.389 e. The molecule has 0 amide bonds. The first kappa shape index (κ1) is 18.1. The van der Waals surface area contributed by atoms with Gasteiger partial charge in [0.15, 0.2) is 5.96 Å². The fraction of sp³-hybridized carbons (Fsp3) is 0.923. The molecule has 0 aromatic heterocycles. The van der Waals surface area contributed by atoms with Crippen LogP contribution in [0.15, 0.2) is 4.99 Å². The van der Waals surface area contributed by atoms with Gasteiger partial charge in [0.05, 0.1) is 0 Å². The van der Waals surface area contributed by atoms with Crippen molar-refractivity contribution < 1.29 is 13.2 Å². The van der Waals surface area contributed by atoms with Crippen LogP contribution in [0, 0.1) is 0 Å². The number of alkyl halides is 3. The first-order valence-electron chi connectivity index (χ1n) is 6.97. The van der Waals surface area contributed by atoms with Gasteiger partial charge in [-0.15, -0.1) is 0 Å². The summed E-state index contributed by atoms with van der Waals surface area (Å²) in [5.74, 6) is 0.781. The molecule has 0 bridgehead atoms. The number of aliphatic imine (C=N–C) groups is 1. The second kappa shape index (κ2) is 9.92. The van der Waals surface area contributed by atoms with E-state index in [4.69, 9.17) is 0 Å². The third-order valence-corrected chi connectivity index (χ3v) is 2.67. The molecule has 0 aromatic rings. The predicted octanol–water partition coefficient (Wildman–Crippen LogP) is 3.42. The molecule has 6 heteroatoms. The fourth-order valence-corrected chi connectivity index (χ4v) is 1.59. The summed E-state index contributed by atoms with van der Waals surface area (Å²) in [6, 6.07) is 0. The van der Waals surface area contributed by atoms with Crippen LogP contribution in [0.3, 0.4) is 0 Å². The Morgan fingerprint density at radius 1 is 1.16 bits per heavy atom. The van der Waals surface area contributed by atoms with Gasteiger partial charge in [0, 0.05) is 33.1 Å². The fourth-order valence-electron chi connectivity index (χ4n) is 1.59. The summed E-state index contributed by atoms with van der Waals surface area (Å²) in [7, 11) is 1.95. The third kappa shape index (κ3) is 10.7. The van der Waals surface area contributed by atoms with Crippen molar-refractivity contribution in [3.63, 3.8) is 0 Å². The summed E-state index contributed by atoms with van der Waals surface area (Å²) in [6.07, 6.45) is -1.97. The van der Waals surface area contributed by atoms with E-state index in [2.05, 4.69) is 17.2 Å². The van der Waals surface area contributed by atoms with Gasteiger partial charge in [-0.05, 0) is 26.2 Å². The van der Waals surface area contributed by atoms with Crippen molar-refractivity contribution in [3.05, 3.63) is 0 Å². The van der Waals surface area contributed by atoms with Crippen LogP contribution in [0.2, 0.25) is 0 Å². The zero-order chi connectivity index (χ0) is 14.7. The molecule has 0 unspecified atom stereocenters. The van der Waals surface area contributed by atoms with Crippen molar-refractivity contribution in [1.82, 2.24) is 10.2 Å². The Bertz CT molecular complexity index is 252. The topological polar surface area (TPSA) is 27.6 Å². The van der Waals surface area contributed by atoms with Crippen molar-refractivity contribution in [2.24, 2.45) is 4.99 Å². The standard InChI is InChI=1S/C13H26F3N3/c1-4-6-11-19(3)12(17-5-2)18-10-8-7-9-13(14,15)16/h4-11H2,1-3H3,(H,17,18). The number of hydrogen-bond acceptors (Lipinski definition) is 1. The number of rotatable bonds is 8. The first-order chi connectivity index (χ1) is 8.90. The third-order valence-electron chi connectivity index (χ3n) is 2.67. The lowest BCUT2D eigenvalue weighted by molar-refractivity contribution is -0.135. The van der Waals surface area contributed by atoms with E-state index in [9.17, 15) is 13.2 Å². The SMILES string of the molecule is CCCCN(C)C(=NCCCCC(F)(F)F)NCC. The van der Waals surface area contributed by atoms with E-state index in [0.717, 1.165) is 31.9 Å². The second-order valence-electron chi connectivity index (χ2n) is 4.58. The van der Waals surface area contributed by atoms with Gasteiger partial charge >= 0.3 is 6.18 Å². The smallest absolute Gasteiger partial charge is 0.357 e. The normalized spacial score (nSPS) is 12.6. The van der Waals surface area contributed by atoms with Crippen LogP contribution in [0.25, 0.3) is 0 Å². The van der Waals surface area contributed by atoms with E-state index >= 15 is 0 Å². The zero-order valence-electron chi connectivity index (χ0n) is 12.2. The molecule has 0 saturated heterocycles. The van der Waals surface area contributed by atoms with E-state index in [-0.39, 0.29) is 6.42 Å². The highest BCUT2D eigenvalue weighted by molar-refractivity contribution is 5.79. The maximum atomic E-state index is 12.0. The largest absolute Gasteiger partial charge is 0.389 e. The number of nitrogens with one attached hydrogen (secondary N) is 1. The number of hydrogen-bond donors (Lipinski definition) is 1. The molecule has 0 heterocycles. The molecule has 0 saturated carbocycles. The van der Waals surface area contributed by atoms with Gasteiger partial charge in [0.2, 0.25) is 0 Å². The summed E-state index contributed by atoms with van der Waals surface area (Å²) in [5.41, 5.74) is 0. The quantitative estimate of drug-likeness (QED) is 0.419. The van der Waals surface area contributed by atoms with Crippen LogP contribution >= 0.6 is 0 Å². The highest BCUT2D eigenvalue weighted by Gasteiger charge is 2.25. The number of unbranched alkanes of at least 4 members (excludes halogenated alkanes) is 2. The summed E-state index contributed by atoms with van der Waals surface area (Å²) in [5, 5.41) is 3.15. The first-order valence-corrected chi connectivity index (χ1v) is 6.97. The van der Waals surface area contributed by atoms with Crippen LogP contribution in [-0.4, -0.2) is 43.7 Å². The molecule has 114 valence electrons. The lowest BCUT2D eigenvalue weighted by atomic mass is 10.2. The average molecular weight is 281 g/mol. The minimum Gasteiger partial charge on any atom is -0.357 e. The number of nitrogens with zero attached hydrogens (tertiary/aromatic N) is 2. The molecule has 0 rings (SSSR count). The highest BCUT2D eigenvalue weighted by Crippen LogP contribution is 2.21. The van der Waals surface area contributed by atoms with Crippen molar-refractivity contribution in [1.29, 1.82) is 0 Å². The van der Waals surface area contributed by atoms with E-state index in [1.807, 2.05) is 18.9 Å². The molecular formula is C13H26F3N3. The monoisotopic (exact) mass is 281 g/mol. The number of guanidine groups is 1. The molecule has 19 heavy (non-hydrogen) atoms. The van der Waals surface area contributed by atoms with Crippen molar-refractivity contribution in [2.45, 2.75) is 52.1 Å². The highest BCUT2D eigenvalue weighted by atomic mass is 19.4. The minimum absolute atomic E-state index is 0.144. The van der Waals surface area contributed by atoms with E-state index in [1.165, 1.54) is 0 Å². The molecular weight excluding hydrogens is 255 g/mol. The lowest BCUT2D eigenvalue weighted by Gasteiger charge is -2.21. The van der Waals surface area contributed by atoms with Crippen LogP contribution in [0.5, 0.6) is 0 Å².